The summed E-state index contributed by atoms with van der Waals surface area (Å²) in [5.41, 5.74) is 4.62. The number of fused-ring (bicyclic) bond motifs is 5. The summed E-state index contributed by atoms with van der Waals surface area (Å²) in [4.78, 5) is 53.0. The van der Waals surface area contributed by atoms with Gasteiger partial charge in [-0.3, -0.25) is 19.3 Å². The highest BCUT2D eigenvalue weighted by atomic mass is 16.5. The number of hydrogen-bond donors (Lipinski definition) is 1. The van der Waals surface area contributed by atoms with E-state index in [1.165, 1.54) is 22.6 Å². The Bertz CT molecular complexity index is 1450. The SMILES string of the molecule is Cc1cc(C)cc(NC(=O)COC(=O)c2ccc(N3C(=O)[C@@H]4[C@@H]5C[C@@H]([C@H]4C3=O)[C@@H](c3ccccc3)C5)cc2)c1. The van der Waals surface area contributed by atoms with E-state index in [1.54, 1.807) is 12.1 Å². The third-order valence-corrected chi connectivity index (χ3v) is 8.44. The number of aryl methyl sites for hydroxylation is 2. The molecule has 7 heteroatoms. The van der Waals surface area contributed by atoms with E-state index in [0.717, 1.165) is 24.0 Å². The Morgan fingerprint density at radius 1 is 0.872 bits per heavy atom. The first-order valence-corrected chi connectivity index (χ1v) is 13.4. The Labute approximate surface area is 227 Å². The fourth-order valence-corrected chi connectivity index (χ4v) is 7.00. The highest BCUT2D eigenvalue weighted by molar-refractivity contribution is 6.22. The Kier molecular flexibility index (Phi) is 6.29. The fourth-order valence-electron chi connectivity index (χ4n) is 7.00. The molecular formula is C32H30N2O5. The van der Waals surface area contributed by atoms with Crippen LogP contribution in [0.2, 0.25) is 0 Å². The van der Waals surface area contributed by atoms with Gasteiger partial charge in [0.05, 0.1) is 23.1 Å². The summed E-state index contributed by atoms with van der Waals surface area (Å²) >= 11 is 0. The van der Waals surface area contributed by atoms with Crippen molar-refractivity contribution < 1.29 is 23.9 Å². The molecule has 3 fully saturated rings. The van der Waals surface area contributed by atoms with Crippen LogP contribution in [0.1, 0.15) is 45.8 Å². The number of nitrogens with one attached hydrogen (secondary N) is 1. The van der Waals surface area contributed by atoms with Gasteiger partial charge >= 0.3 is 5.97 Å². The molecule has 0 aromatic heterocycles. The van der Waals surface area contributed by atoms with E-state index < -0.39 is 18.5 Å². The third kappa shape index (κ3) is 4.52. The van der Waals surface area contributed by atoms with Crippen LogP contribution in [0.4, 0.5) is 11.4 Å². The Morgan fingerprint density at radius 2 is 1.54 bits per heavy atom. The first kappa shape index (κ1) is 25.0. The first-order valence-electron chi connectivity index (χ1n) is 13.4. The van der Waals surface area contributed by atoms with E-state index in [-0.39, 0.29) is 41.0 Å². The van der Waals surface area contributed by atoms with E-state index in [9.17, 15) is 19.2 Å². The normalized spacial score (nSPS) is 25.1. The summed E-state index contributed by atoms with van der Waals surface area (Å²) < 4.78 is 5.18. The molecule has 1 heterocycles. The molecule has 2 saturated carbocycles. The molecule has 6 rings (SSSR count). The van der Waals surface area contributed by atoms with Crippen LogP contribution in [0.3, 0.4) is 0 Å². The molecule has 3 aromatic carbocycles. The lowest BCUT2D eigenvalue weighted by Crippen LogP contribution is -2.33. The van der Waals surface area contributed by atoms with Crippen LogP contribution >= 0.6 is 0 Å². The number of ether oxygens (including phenoxy) is 1. The topological polar surface area (TPSA) is 92.8 Å². The van der Waals surface area contributed by atoms with Crippen molar-refractivity contribution in [1.29, 1.82) is 0 Å². The average molecular weight is 523 g/mol. The number of amides is 3. The number of carbonyl (C=O) groups excluding carboxylic acids is 4. The maximum Gasteiger partial charge on any atom is 0.338 e. The molecule has 39 heavy (non-hydrogen) atoms. The first-order chi connectivity index (χ1) is 18.8. The number of esters is 1. The van der Waals surface area contributed by atoms with E-state index in [1.807, 2.05) is 50.2 Å². The summed E-state index contributed by atoms with van der Waals surface area (Å²) in [6.45, 7) is 3.45. The number of nitrogens with zero attached hydrogens (tertiary/aromatic N) is 1. The van der Waals surface area contributed by atoms with Crippen molar-refractivity contribution in [3.8, 4) is 0 Å². The van der Waals surface area contributed by atoms with Gasteiger partial charge < -0.3 is 10.1 Å². The van der Waals surface area contributed by atoms with Gasteiger partial charge in [-0.1, -0.05) is 36.4 Å². The maximum atomic E-state index is 13.5. The smallest absolute Gasteiger partial charge is 0.338 e. The Hall–Kier alpha value is -4.26. The molecule has 5 atom stereocenters. The molecule has 2 bridgehead atoms. The number of carbonyl (C=O) groups is 4. The lowest BCUT2D eigenvalue weighted by Gasteiger charge is -2.28. The van der Waals surface area contributed by atoms with Gasteiger partial charge in [0.2, 0.25) is 11.8 Å². The molecule has 0 unspecified atom stereocenters. The lowest BCUT2D eigenvalue weighted by atomic mass is 9.73. The van der Waals surface area contributed by atoms with Crippen molar-refractivity contribution in [3.63, 3.8) is 0 Å². The van der Waals surface area contributed by atoms with Crippen LogP contribution in [-0.4, -0.2) is 30.3 Å². The quantitative estimate of drug-likeness (QED) is 0.362. The van der Waals surface area contributed by atoms with Crippen molar-refractivity contribution in [2.45, 2.75) is 32.6 Å². The predicted octanol–water partition coefficient (Wildman–Crippen LogP) is 5.03. The predicted molar refractivity (Wildman–Crippen MR) is 146 cm³/mol. The van der Waals surface area contributed by atoms with Crippen molar-refractivity contribution in [3.05, 3.63) is 95.1 Å². The van der Waals surface area contributed by atoms with Crippen molar-refractivity contribution >= 4 is 35.1 Å². The summed E-state index contributed by atoms with van der Waals surface area (Å²) in [5, 5.41) is 2.73. The minimum absolute atomic E-state index is 0.137. The van der Waals surface area contributed by atoms with Crippen LogP contribution in [0.25, 0.3) is 0 Å². The minimum Gasteiger partial charge on any atom is -0.452 e. The molecular weight excluding hydrogens is 492 g/mol. The van der Waals surface area contributed by atoms with Gasteiger partial charge in [-0.15, -0.1) is 0 Å². The minimum atomic E-state index is -0.656. The van der Waals surface area contributed by atoms with Gasteiger partial charge in [0.25, 0.3) is 5.91 Å². The maximum absolute atomic E-state index is 13.5. The molecule has 0 spiro atoms. The number of imide groups is 1. The largest absolute Gasteiger partial charge is 0.452 e. The highest BCUT2D eigenvalue weighted by Crippen LogP contribution is 2.61. The van der Waals surface area contributed by atoms with Gasteiger partial charge in [-0.05, 0) is 97.5 Å². The summed E-state index contributed by atoms with van der Waals surface area (Å²) in [7, 11) is 0. The molecule has 0 radical (unpaired) electrons. The van der Waals surface area contributed by atoms with Crippen molar-refractivity contribution in [2.24, 2.45) is 23.7 Å². The third-order valence-electron chi connectivity index (χ3n) is 8.44. The molecule has 7 nitrogen and oxygen atoms in total. The Balaban J connectivity index is 1.10. The van der Waals surface area contributed by atoms with Gasteiger partial charge in [0, 0.05) is 5.69 Å². The van der Waals surface area contributed by atoms with Gasteiger partial charge in [0.15, 0.2) is 6.61 Å². The van der Waals surface area contributed by atoms with Gasteiger partial charge in [-0.2, -0.15) is 0 Å². The van der Waals surface area contributed by atoms with Crippen molar-refractivity contribution in [2.75, 3.05) is 16.8 Å². The number of benzene rings is 3. The average Bonchev–Trinajstić information content (AvgIpc) is 3.58. The fraction of sp³-hybridized carbons (Fsp3) is 0.312. The molecule has 1 saturated heterocycles. The van der Waals surface area contributed by atoms with Gasteiger partial charge in [0.1, 0.15) is 0 Å². The lowest BCUT2D eigenvalue weighted by molar-refractivity contribution is -0.123. The molecule has 3 amide bonds. The molecule has 1 aliphatic heterocycles. The second-order valence-corrected chi connectivity index (χ2v) is 11.0. The van der Waals surface area contributed by atoms with Crippen LogP contribution in [0.15, 0.2) is 72.8 Å². The summed E-state index contributed by atoms with van der Waals surface area (Å²) in [5.74, 6) is -1.23. The zero-order valence-electron chi connectivity index (χ0n) is 21.9. The summed E-state index contributed by atoms with van der Waals surface area (Å²) in [6.07, 6.45) is 1.85. The van der Waals surface area contributed by atoms with Crippen molar-refractivity contribution in [1.82, 2.24) is 0 Å². The second-order valence-electron chi connectivity index (χ2n) is 11.0. The molecule has 2 aliphatic carbocycles. The summed E-state index contributed by atoms with van der Waals surface area (Å²) in [6, 6.07) is 22.2. The zero-order valence-corrected chi connectivity index (χ0v) is 21.9. The molecule has 3 aromatic rings. The number of rotatable bonds is 6. The number of anilines is 2. The zero-order chi connectivity index (χ0) is 27.3. The monoisotopic (exact) mass is 522 g/mol. The molecule has 3 aliphatic rings. The van der Waals surface area contributed by atoms with E-state index in [4.69, 9.17) is 4.74 Å². The standard InChI is InChI=1S/C32H30N2O5/c1-18-12-19(2)14-23(13-18)33-27(35)17-39-32(38)21-8-10-24(11-9-21)34-30(36)28-22-15-25(20-6-4-3-5-7-20)26(16-22)29(28)31(34)37/h3-14,22,25-26,28-29H,15-17H2,1-2H3,(H,33,35)/t22-,25+,26+,28+,29+/m0/s1. The van der Waals surface area contributed by atoms with Crippen LogP contribution in [0.5, 0.6) is 0 Å². The highest BCUT2D eigenvalue weighted by Gasteiger charge is 2.64. The van der Waals surface area contributed by atoms with Gasteiger partial charge in [-0.25, -0.2) is 4.79 Å². The number of hydrogen-bond acceptors (Lipinski definition) is 5. The second kappa shape index (κ2) is 9.80. The van der Waals surface area contributed by atoms with Crippen LogP contribution in [-0.2, 0) is 19.1 Å². The Morgan fingerprint density at radius 3 is 2.23 bits per heavy atom. The van der Waals surface area contributed by atoms with Crippen LogP contribution in [0, 0.1) is 37.5 Å². The van der Waals surface area contributed by atoms with Crippen LogP contribution < -0.4 is 10.2 Å². The van der Waals surface area contributed by atoms with E-state index in [0.29, 0.717) is 17.3 Å². The molecule has 1 N–H and O–H groups in total. The molecule has 198 valence electrons. The van der Waals surface area contributed by atoms with E-state index in [2.05, 4.69) is 17.4 Å². The van der Waals surface area contributed by atoms with E-state index >= 15 is 0 Å².